The second-order valence-corrected chi connectivity index (χ2v) is 9.04. The fraction of sp³-hybridized carbons (Fsp3) is 0.583. The maximum absolute atomic E-state index is 12.1. The topological polar surface area (TPSA) is 30.0 Å². The van der Waals surface area contributed by atoms with Gasteiger partial charge < -0.3 is 0 Å². The van der Waals surface area contributed by atoms with E-state index in [1.54, 1.807) is 0 Å². The monoisotopic (exact) mass is 353 g/mol. The Morgan fingerprint density at radius 2 is 2.04 bits per heavy atom. The first-order valence-corrected chi connectivity index (χ1v) is 9.84. The van der Waals surface area contributed by atoms with Gasteiger partial charge in [0.25, 0.3) is 0 Å². The highest BCUT2D eigenvalue weighted by Crippen LogP contribution is 2.66. The Labute approximate surface area is 165 Å². The molecule has 0 N–H and O–H groups in total. The third-order valence-electron chi connectivity index (χ3n) is 7.97. The number of aromatic nitrogens is 1. The molecule has 5 atom stereocenters. The van der Waals surface area contributed by atoms with Crippen molar-refractivity contribution in [3.63, 3.8) is 0 Å². The predicted molar refractivity (Wildman–Crippen MR) is 104 cm³/mol. The van der Waals surface area contributed by atoms with Crippen molar-refractivity contribution in [3.05, 3.63) is 47.7 Å². The van der Waals surface area contributed by atoms with E-state index in [4.69, 9.17) is 8.22 Å². The van der Waals surface area contributed by atoms with Gasteiger partial charge in [-0.1, -0.05) is 37.6 Å². The third-order valence-corrected chi connectivity index (χ3v) is 7.97. The molecule has 5 rings (SSSR count). The zero-order valence-corrected chi connectivity index (χ0v) is 15.5. The largest absolute Gasteiger partial charge is 0.299 e. The summed E-state index contributed by atoms with van der Waals surface area (Å²) in [5, 5.41) is 0. The molecule has 0 aliphatic heterocycles. The van der Waals surface area contributed by atoms with Gasteiger partial charge in [0.15, 0.2) is 0 Å². The number of Topliss-reactive ketones (excluding diaryl/α,β-unsaturated/α-hetero) is 1. The Kier molecular flexibility index (Phi) is 2.44. The van der Waals surface area contributed by atoms with E-state index in [1.807, 2.05) is 0 Å². The molecule has 0 aromatic carbocycles. The number of carbonyl (C=O) groups is 1. The van der Waals surface area contributed by atoms with Crippen molar-refractivity contribution in [2.75, 3.05) is 0 Å². The minimum Gasteiger partial charge on any atom is -0.299 e. The molecule has 2 nitrogen and oxygen atoms in total. The summed E-state index contributed by atoms with van der Waals surface area (Å²) in [7, 11) is 0. The van der Waals surface area contributed by atoms with Crippen molar-refractivity contribution in [2.24, 2.45) is 28.6 Å². The zero-order valence-electron chi connectivity index (χ0n) is 21.5. The van der Waals surface area contributed by atoms with Gasteiger partial charge in [-0.2, -0.15) is 0 Å². The van der Waals surface area contributed by atoms with Crippen molar-refractivity contribution in [1.29, 1.82) is 0 Å². The van der Waals surface area contributed by atoms with Gasteiger partial charge in [0.1, 0.15) is 5.78 Å². The lowest BCUT2D eigenvalue weighted by atomic mass is 9.47. The normalized spacial score (nSPS) is 45.6. The molecule has 26 heavy (non-hydrogen) atoms. The Hall–Kier alpha value is -1.70. The van der Waals surface area contributed by atoms with Crippen molar-refractivity contribution >= 4 is 11.4 Å². The van der Waals surface area contributed by atoms with Gasteiger partial charge in [0.2, 0.25) is 0 Å². The quantitative estimate of drug-likeness (QED) is 0.615. The molecule has 136 valence electrons. The summed E-state index contributed by atoms with van der Waals surface area (Å²) in [5.41, 5.74) is 1.38. The van der Waals surface area contributed by atoms with Crippen LogP contribution in [-0.2, 0) is 4.79 Å². The van der Waals surface area contributed by atoms with Crippen molar-refractivity contribution in [1.82, 2.24) is 4.98 Å². The maximum Gasteiger partial charge on any atom is 0.136 e. The molecule has 0 radical (unpaired) electrons. The molecule has 0 amide bonds. The average molecular weight is 354 g/mol. The molecule has 0 bridgehead atoms. The van der Waals surface area contributed by atoms with Gasteiger partial charge >= 0.3 is 0 Å². The second kappa shape index (κ2) is 5.65. The number of nitrogens with zero attached hydrogens (tertiary/aromatic N) is 1. The lowest BCUT2D eigenvalue weighted by Crippen LogP contribution is -2.49. The SMILES string of the molecule is [2H]C1=C2CC(=O)CC[C@]2(C)C2CC[C@]3(C)C(c4c([2H])nc([2H])c([2H])c4[2H])=C([2H])CC3C2C1. The second-order valence-electron chi connectivity index (χ2n) is 9.04. The summed E-state index contributed by atoms with van der Waals surface area (Å²) in [4.78, 5) is 16.0. The van der Waals surface area contributed by atoms with Crippen molar-refractivity contribution in [2.45, 2.75) is 58.8 Å². The standard InChI is InChI=1S/C24H29NO/c1-23-11-9-18(26)14-17(23)5-6-19-21-8-7-20(16-4-3-13-25-15-16)24(21,2)12-10-22(19)23/h3-5,7,13,15,19,21-22H,6,8-12,14H2,1-2H3/t19?,21?,22?,23-,24+/m0/s1/i3D,4D,5D,7D,13D,15D. The fourth-order valence-corrected chi connectivity index (χ4v) is 6.46. The van der Waals surface area contributed by atoms with Gasteiger partial charge in [-0.15, -0.1) is 0 Å². The van der Waals surface area contributed by atoms with Crippen LogP contribution in [0.5, 0.6) is 0 Å². The molecule has 0 saturated heterocycles. The van der Waals surface area contributed by atoms with E-state index in [9.17, 15) is 4.79 Å². The number of ketones is 1. The minimum absolute atomic E-state index is 0.128. The van der Waals surface area contributed by atoms with E-state index < -0.39 is 5.41 Å². The minimum atomic E-state index is -0.417. The number of carbonyl (C=O) groups excluding carboxylic acids is 1. The molecular weight excluding hydrogens is 318 g/mol. The fourth-order valence-electron chi connectivity index (χ4n) is 6.46. The maximum atomic E-state index is 12.1. The van der Waals surface area contributed by atoms with E-state index in [1.165, 1.54) is 0 Å². The molecule has 4 aliphatic carbocycles. The highest BCUT2D eigenvalue weighted by atomic mass is 16.1. The number of hydrogen-bond acceptors (Lipinski definition) is 2. The number of allylic oxidation sites excluding steroid dienone is 4. The highest BCUT2D eigenvalue weighted by molar-refractivity contribution is 5.82. The Bertz CT molecular complexity index is 1110. The lowest BCUT2D eigenvalue weighted by Gasteiger charge is -2.57. The van der Waals surface area contributed by atoms with Crippen LogP contribution in [0.4, 0.5) is 0 Å². The highest BCUT2D eigenvalue weighted by Gasteiger charge is 2.56. The van der Waals surface area contributed by atoms with E-state index >= 15 is 0 Å². The van der Waals surface area contributed by atoms with Crippen LogP contribution in [0.25, 0.3) is 5.57 Å². The van der Waals surface area contributed by atoms with Gasteiger partial charge in [-0.3, -0.25) is 9.78 Å². The molecule has 2 heteroatoms. The Balaban J connectivity index is 1.59. The van der Waals surface area contributed by atoms with Gasteiger partial charge in [0, 0.05) is 25.2 Å². The smallest absolute Gasteiger partial charge is 0.136 e. The predicted octanol–water partition coefficient (Wildman–Crippen LogP) is 5.61. The van der Waals surface area contributed by atoms with Crippen molar-refractivity contribution in [3.8, 4) is 0 Å². The van der Waals surface area contributed by atoms with E-state index in [-0.39, 0.29) is 53.0 Å². The van der Waals surface area contributed by atoms with Gasteiger partial charge in [-0.05, 0) is 77.9 Å². The third kappa shape index (κ3) is 2.17. The first-order chi connectivity index (χ1) is 15.0. The van der Waals surface area contributed by atoms with E-state index in [2.05, 4.69) is 18.8 Å². The van der Waals surface area contributed by atoms with Crippen LogP contribution in [0.1, 0.15) is 72.6 Å². The van der Waals surface area contributed by atoms with E-state index in [0.717, 1.165) is 24.8 Å². The molecule has 3 unspecified atom stereocenters. The summed E-state index contributed by atoms with van der Waals surface area (Å²) in [6.07, 6.45) is 4.13. The first-order valence-electron chi connectivity index (χ1n) is 12.8. The summed E-state index contributed by atoms with van der Waals surface area (Å²) in [5.74, 6) is 0.963. The Morgan fingerprint density at radius 3 is 2.92 bits per heavy atom. The van der Waals surface area contributed by atoms with Crippen LogP contribution < -0.4 is 0 Å². The summed E-state index contributed by atoms with van der Waals surface area (Å²) < 4.78 is 50.3. The van der Waals surface area contributed by atoms with Crippen LogP contribution >= 0.6 is 0 Å². The first kappa shape index (κ1) is 11.2. The number of fused-ring (bicyclic) bond motifs is 5. The van der Waals surface area contributed by atoms with Gasteiger partial charge in [-0.25, -0.2) is 0 Å². The molecule has 1 heterocycles. The Morgan fingerprint density at radius 1 is 1.15 bits per heavy atom. The summed E-state index contributed by atoms with van der Waals surface area (Å²) in [6, 6.07) is 0.532. The number of hydrogen-bond donors (Lipinski definition) is 0. The molecule has 4 aliphatic rings. The number of pyridine rings is 1. The average Bonchev–Trinajstić information content (AvgIpc) is 2.99. The number of rotatable bonds is 1. The molecule has 0 spiro atoms. The van der Waals surface area contributed by atoms with Crippen LogP contribution in [0, 0.1) is 28.6 Å². The molecule has 2 saturated carbocycles. The molecule has 2 fully saturated rings. The van der Waals surface area contributed by atoms with Crippen LogP contribution in [-0.4, -0.2) is 10.8 Å². The lowest BCUT2D eigenvalue weighted by molar-refractivity contribution is -0.122. The van der Waals surface area contributed by atoms with Crippen LogP contribution in [0.3, 0.4) is 0 Å². The van der Waals surface area contributed by atoms with Gasteiger partial charge in [0.05, 0.1) is 8.22 Å². The zero-order chi connectivity index (χ0) is 23.2. The van der Waals surface area contributed by atoms with E-state index in [0.29, 0.717) is 49.3 Å². The molecule has 1 aromatic rings. The van der Waals surface area contributed by atoms with Crippen LogP contribution in [0.2, 0.25) is 0 Å². The van der Waals surface area contributed by atoms with Crippen LogP contribution in [0.15, 0.2) is 42.1 Å². The molecular formula is C24H29NO. The summed E-state index contributed by atoms with van der Waals surface area (Å²) in [6.45, 7) is 4.36. The molecule has 1 aromatic heterocycles. The van der Waals surface area contributed by atoms with Crippen molar-refractivity contribution < 1.29 is 13.0 Å². The summed E-state index contributed by atoms with van der Waals surface area (Å²) >= 11 is 0.